The fourth-order valence-corrected chi connectivity index (χ4v) is 2.40. The van der Waals surface area contributed by atoms with Crippen LogP contribution in [0.3, 0.4) is 0 Å². The molecule has 1 aliphatic heterocycles. The molecule has 0 radical (unpaired) electrons. The highest BCUT2D eigenvalue weighted by Crippen LogP contribution is 2.16. The standard InChI is InChI=1S/C15H22N2O2.ClH/c1-11-10-19-12(2)9-17(11)15(18)8-7-13-5-3-4-6-14(13)16;/h3-6,11-12H,7-10,16H2,1-2H3;1H. The second kappa shape index (κ2) is 7.50. The van der Waals surface area contributed by atoms with Crippen LogP contribution in [0.2, 0.25) is 0 Å². The predicted octanol–water partition coefficient (Wildman–Crippen LogP) is 2.26. The largest absolute Gasteiger partial charge is 0.399 e. The third kappa shape index (κ3) is 4.12. The topological polar surface area (TPSA) is 55.6 Å². The Labute approximate surface area is 126 Å². The number of amides is 1. The smallest absolute Gasteiger partial charge is 0.223 e. The molecule has 0 aliphatic carbocycles. The lowest BCUT2D eigenvalue weighted by Gasteiger charge is -2.37. The number of benzene rings is 1. The van der Waals surface area contributed by atoms with Gasteiger partial charge in [0.2, 0.25) is 5.91 Å². The Morgan fingerprint density at radius 1 is 1.40 bits per heavy atom. The Morgan fingerprint density at radius 3 is 2.80 bits per heavy atom. The average molecular weight is 299 g/mol. The number of carbonyl (C=O) groups excluding carboxylic acids is 1. The Kier molecular flexibility index (Phi) is 6.30. The van der Waals surface area contributed by atoms with Crippen LogP contribution in [0.1, 0.15) is 25.8 Å². The SMILES string of the molecule is CC1CN(C(=O)CCc2ccccc2N)C(C)CO1.Cl. The first-order valence-corrected chi connectivity index (χ1v) is 6.82. The average Bonchev–Trinajstić information content (AvgIpc) is 2.40. The number of nitrogens with two attached hydrogens (primary N) is 1. The van der Waals surface area contributed by atoms with Gasteiger partial charge >= 0.3 is 0 Å². The minimum atomic E-state index is 0. The molecule has 2 rings (SSSR count). The van der Waals surface area contributed by atoms with E-state index in [1.807, 2.05) is 43.0 Å². The summed E-state index contributed by atoms with van der Waals surface area (Å²) in [5.41, 5.74) is 7.70. The minimum absolute atomic E-state index is 0. The number of ether oxygens (including phenoxy) is 1. The van der Waals surface area contributed by atoms with E-state index < -0.39 is 0 Å². The molecule has 0 saturated carbocycles. The molecule has 1 fully saturated rings. The summed E-state index contributed by atoms with van der Waals surface area (Å²) in [6, 6.07) is 7.88. The molecule has 1 amide bonds. The van der Waals surface area contributed by atoms with Crippen molar-refractivity contribution in [2.24, 2.45) is 0 Å². The molecule has 2 atom stereocenters. The lowest BCUT2D eigenvalue weighted by Crippen LogP contribution is -2.50. The number of anilines is 1. The summed E-state index contributed by atoms with van der Waals surface area (Å²) < 4.78 is 5.54. The summed E-state index contributed by atoms with van der Waals surface area (Å²) in [7, 11) is 0. The van der Waals surface area contributed by atoms with Crippen LogP contribution >= 0.6 is 12.4 Å². The number of hydrogen-bond acceptors (Lipinski definition) is 3. The molecule has 20 heavy (non-hydrogen) atoms. The summed E-state index contributed by atoms with van der Waals surface area (Å²) in [5.74, 6) is 0.186. The molecular weight excluding hydrogens is 276 g/mol. The molecule has 1 aromatic carbocycles. The van der Waals surface area contributed by atoms with Crippen LogP contribution in [0.25, 0.3) is 0 Å². The van der Waals surface area contributed by atoms with Crippen molar-refractivity contribution in [1.29, 1.82) is 0 Å². The van der Waals surface area contributed by atoms with Crippen molar-refractivity contribution in [3.8, 4) is 0 Å². The van der Waals surface area contributed by atoms with Gasteiger partial charge in [-0.15, -0.1) is 12.4 Å². The fraction of sp³-hybridized carbons (Fsp3) is 0.533. The Balaban J connectivity index is 0.00000200. The van der Waals surface area contributed by atoms with Gasteiger partial charge < -0.3 is 15.4 Å². The van der Waals surface area contributed by atoms with Gasteiger partial charge in [-0.2, -0.15) is 0 Å². The monoisotopic (exact) mass is 298 g/mol. The number of morpholine rings is 1. The number of hydrogen-bond donors (Lipinski definition) is 1. The number of carbonyl (C=O) groups is 1. The minimum Gasteiger partial charge on any atom is -0.399 e. The highest BCUT2D eigenvalue weighted by Gasteiger charge is 2.26. The maximum atomic E-state index is 12.3. The van der Waals surface area contributed by atoms with Crippen molar-refractivity contribution < 1.29 is 9.53 Å². The number of halogens is 1. The van der Waals surface area contributed by atoms with Crippen molar-refractivity contribution in [1.82, 2.24) is 4.90 Å². The van der Waals surface area contributed by atoms with Crippen LogP contribution in [0, 0.1) is 0 Å². The van der Waals surface area contributed by atoms with E-state index in [0.29, 0.717) is 26.0 Å². The molecule has 2 unspecified atom stereocenters. The zero-order chi connectivity index (χ0) is 13.8. The Hall–Kier alpha value is -1.26. The summed E-state index contributed by atoms with van der Waals surface area (Å²) in [6.45, 7) is 5.34. The molecule has 1 aliphatic rings. The zero-order valence-electron chi connectivity index (χ0n) is 12.0. The Morgan fingerprint density at radius 2 is 2.10 bits per heavy atom. The molecular formula is C15H23ClN2O2. The lowest BCUT2D eigenvalue weighted by molar-refractivity contribution is -0.143. The number of para-hydroxylation sites is 1. The van der Waals surface area contributed by atoms with Gasteiger partial charge in [-0.1, -0.05) is 18.2 Å². The van der Waals surface area contributed by atoms with Gasteiger partial charge in [-0.05, 0) is 31.9 Å². The molecule has 1 heterocycles. The van der Waals surface area contributed by atoms with Crippen molar-refractivity contribution in [3.05, 3.63) is 29.8 Å². The van der Waals surface area contributed by atoms with Crippen LogP contribution < -0.4 is 5.73 Å². The molecule has 112 valence electrons. The molecule has 1 saturated heterocycles. The molecule has 5 heteroatoms. The van der Waals surface area contributed by atoms with Crippen molar-refractivity contribution >= 4 is 24.0 Å². The van der Waals surface area contributed by atoms with E-state index in [2.05, 4.69) is 0 Å². The van der Waals surface area contributed by atoms with Gasteiger partial charge in [0, 0.05) is 18.7 Å². The van der Waals surface area contributed by atoms with Crippen LogP contribution in [-0.4, -0.2) is 36.1 Å². The van der Waals surface area contributed by atoms with Gasteiger partial charge in [-0.3, -0.25) is 4.79 Å². The van der Waals surface area contributed by atoms with Gasteiger partial charge in [0.25, 0.3) is 0 Å². The van der Waals surface area contributed by atoms with Crippen LogP contribution in [0.15, 0.2) is 24.3 Å². The number of rotatable bonds is 3. The van der Waals surface area contributed by atoms with Crippen LogP contribution in [-0.2, 0) is 16.0 Å². The van der Waals surface area contributed by atoms with Crippen molar-refractivity contribution in [2.45, 2.75) is 38.8 Å². The third-order valence-corrected chi connectivity index (χ3v) is 3.59. The Bertz CT molecular complexity index is 453. The first-order valence-electron chi connectivity index (χ1n) is 6.82. The summed E-state index contributed by atoms with van der Waals surface area (Å²) >= 11 is 0. The third-order valence-electron chi connectivity index (χ3n) is 3.59. The van der Waals surface area contributed by atoms with E-state index in [-0.39, 0.29) is 30.5 Å². The maximum absolute atomic E-state index is 12.3. The number of nitrogens with zero attached hydrogens (tertiary/aromatic N) is 1. The molecule has 1 aromatic rings. The molecule has 0 spiro atoms. The highest BCUT2D eigenvalue weighted by molar-refractivity contribution is 5.85. The molecule has 2 N–H and O–H groups in total. The predicted molar refractivity (Wildman–Crippen MR) is 83.0 cm³/mol. The number of nitrogen functional groups attached to an aromatic ring is 1. The first kappa shape index (κ1) is 16.8. The molecule has 0 bridgehead atoms. The quantitative estimate of drug-likeness (QED) is 0.871. The van der Waals surface area contributed by atoms with Crippen molar-refractivity contribution in [3.63, 3.8) is 0 Å². The van der Waals surface area contributed by atoms with E-state index in [4.69, 9.17) is 10.5 Å². The molecule has 0 aromatic heterocycles. The first-order chi connectivity index (χ1) is 9.08. The molecule has 4 nitrogen and oxygen atoms in total. The zero-order valence-corrected chi connectivity index (χ0v) is 12.9. The van der Waals surface area contributed by atoms with Gasteiger partial charge in [0.1, 0.15) is 0 Å². The summed E-state index contributed by atoms with van der Waals surface area (Å²) in [6.07, 6.45) is 1.33. The van der Waals surface area contributed by atoms with Gasteiger partial charge in [0.15, 0.2) is 0 Å². The maximum Gasteiger partial charge on any atom is 0.223 e. The van der Waals surface area contributed by atoms with Crippen LogP contribution in [0.4, 0.5) is 5.69 Å². The normalized spacial score (nSPS) is 22.2. The number of aryl methyl sites for hydroxylation is 1. The van der Waals surface area contributed by atoms with Crippen molar-refractivity contribution in [2.75, 3.05) is 18.9 Å². The second-order valence-corrected chi connectivity index (χ2v) is 5.24. The second-order valence-electron chi connectivity index (χ2n) is 5.24. The van der Waals surface area contributed by atoms with Crippen LogP contribution in [0.5, 0.6) is 0 Å². The summed E-state index contributed by atoms with van der Waals surface area (Å²) in [4.78, 5) is 14.2. The van der Waals surface area contributed by atoms with E-state index >= 15 is 0 Å². The van der Waals surface area contributed by atoms with E-state index in [9.17, 15) is 4.79 Å². The lowest BCUT2D eigenvalue weighted by atomic mass is 10.1. The van der Waals surface area contributed by atoms with E-state index in [1.165, 1.54) is 0 Å². The van der Waals surface area contributed by atoms with Gasteiger partial charge in [0.05, 0.1) is 18.8 Å². The summed E-state index contributed by atoms with van der Waals surface area (Å²) in [5, 5.41) is 0. The van der Waals surface area contributed by atoms with E-state index in [0.717, 1.165) is 11.3 Å². The highest BCUT2D eigenvalue weighted by atomic mass is 35.5. The van der Waals surface area contributed by atoms with E-state index in [1.54, 1.807) is 0 Å². The van der Waals surface area contributed by atoms with Gasteiger partial charge in [-0.25, -0.2) is 0 Å². The fourth-order valence-electron chi connectivity index (χ4n) is 2.40.